The average Bonchev–Trinajstić information content (AvgIpc) is 3.80. The number of benzene rings is 2. The molecular formula is C42H55ClF3N5O6. The van der Waals surface area contributed by atoms with Crippen LogP contribution in [-0.2, 0) is 20.8 Å². The highest BCUT2D eigenvalue weighted by Gasteiger charge is 2.48. The topological polar surface area (TPSA) is 133 Å². The number of aromatic amines is 1. The quantitative estimate of drug-likeness (QED) is 0.191. The Morgan fingerprint density at radius 3 is 2.33 bits per heavy atom. The van der Waals surface area contributed by atoms with Gasteiger partial charge in [0, 0.05) is 60.9 Å². The van der Waals surface area contributed by atoms with Crippen molar-refractivity contribution in [2.75, 3.05) is 46.9 Å². The molecule has 1 aliphatic carbocycles. The Balaban J connectivity index is 0.000000405. The summed E-state index contributed by atoms with van der Waals surface area (Å²) in [6, 6.07) is 10.6. The van der Waals surface area contributed by atoms with Crippen molar-refractivity contribution in [2.45, 2.75) is 78.0 Å². The Bertz CT molecular complexity index is 1880. The SMILES string of the molecule is CCCC1CCC(C(F)(F)F)CC1.CNC(=O)CNC(=O)C1CN(C(=O)Cc2c[nH]c3cc(Cl)ccc23)CC2CN(C(=O)c3ccc(OC(C)C)c(OC)c3)CC21. The second kappa shape index (κ2) is 19.3. The molecule has 1 saturated carbocycles. The number of likely N-dealkylation sites (tertiary alicyclic amines) is 2. The number of nitrogens with one attached hydrogen (secondary N) is 3. The maximum absolute atomic E-state index is 13.7. The summed E-state index contributed by atoms with van der Waals surface area (Å²) in [5, 5.41) is 6.74. The number of amides is 4. The van der Waals surface area contributed by atoms with Crippen LogP contribution in [0.5, 0.6) is 11.5 Å². The Morgan fingerprint density at radius 2 is 1.68 bits per heavy atom. The minimum absolute atomic E-state index is 0.0567. The van der Waals surface area contributed by atoms with E-state index in [-0.39, 0.29) is 61.1 Å². The van der Waals surface area contributed by atoms with Gasteiger partial charge in [-0.1, -0.05) is 37.4 Å². The van der Waals surface area contributed by atoms with Crippen LogP contribution in [0.25, 0.3) is 10.9 Å². The van der Waals surface area contributed by atoms with Gasteiger partial charge in [-0.05, 0) is 93.2 Å². The molecule has 11 nitrogen and oxygen atoms in total. The van der Waals surface area contributed by atoms with Crippen molar-refractivity contribution in [3.8, 4) is 11.5 Å². The lowest BCUT2D eigenvalue weighted by molar-refractivity contribution is -0.184. The van der Waals surface area contributed by atoms with Crippen LogP contribution in [0.15, 0.2) is 42.6 Å². The first kappa shape index (κ1) is 43.7. The monoisotopic (exact) mass is 817 g/mol. The lowest BCUT2D eigenvalue weighted by Crippen LogP contribution is -2.54. The molecule has 3 N–H and O–H groups in total. The molecule has 0 spiro atoms. The number of carbonyl (C=O) groups is 4. The minimum Gasteiger partial charge on any atom is -0.493 e. The Morgan fingerprint density at radius 1 is 0.965 bits per heavy atom. The highest BCUT2D eigenvalue weighted by atomic mass is 35.5. The molecule has 0 radical (unpaired) electrons. The molecular weight excluding hydrogens is 763 g/mol. The fraction of sp³-hybridized carbons (Fsp3) is 0.571. The van der Waals surface area contributed by atoms with Crippen LogP contribution in [0.1, 0.15) is 75.2 Å². The van der Waals surface area contributed by atoms with E-state index in [9.17, 15) is 32.3 Å². The normalized spacial score (nSPS) is 22.0. The van der Waals surface area contributed by atoms with E-state index in [2.05, 4.69) is 22.5 Å². The number of carbonyl (C=O) groups excluding carboxylic acids is 4. The van der Waals surface area contributed by atoms with Crippen molar-refractivity contribution in [3.63, 3.8) is 0 Å². The van der Waals surface area contributed by atoms with Crippen molar-refractivity contribution >= 4 is 46.1 Å². The molecule has 3 heterocycles. The zero-order valence-corrected chi connectivity index (χ0v) is 34.1. The van der Waals surface area contributed by atoms with Gasteiger partial charge in [-0.25, -0.2) is 0 Å². The molecule has 4 amide bonds. The first-order chi connectivity index (χ1) is 27.1. The number of rotatable bonds is 11. The predicted molar refractivity (Wildman–Crippen MR) is 212 cm³/mol. The molecule has 6 rings (SSSR count). The second-order valence-corrected chi connectivity index (χ2v) is 16.1. The maximum Gasteiger partial charge on any atom is 0.391 e. The van der Waals surface area contributed by atoms with Gasteiger partial charge in [-0.2, -0.15) is 13.2 Å². The van der Waals surface area contributed by atoms with Crippen molar-refractivity contribution in [2.24, 2.45) is 29.6 Å². The number of methoxy groups -OCH3 is 1. The summed E-state index contributed by atoms with van der Waals surface area (Å²) in [6.07, 6.45) is 2.42. The molecule has 3 unspecified atom stereocenters. The van der Waals surface area contributed by atoms with Gasteiger partial charge in [0.25, 0.3) is 5.91 Å². The van der Waals surface area contributed by atoms with Crippen molar-refractivity contribution in [3.05, 3.63) is 58.7 Å². The van der Waals surface area contributed by atoms with Gasteiger partial charge in [0.1, 0.15) is 0 Å². The Labute approximate surface area is 337 Å². The first-order valence-corrected chi connectivity index (χ1v) is 20.2. The van der Waals surface area contributed by atoms with Crippen molar-refractivity contribution < 1.29 is 41.8 Å². The maximum atomic E-state index is 13.7. The Kier molecular flexibility index (Phi) is 14.8. The Hall–Kier alpha value is -4.46. The summed E-state index contributed by atoms with van der Waals surface area (Å²) in [6.45, 7) is 7.13. The molecule has 3 atom stereocenters. The number of piperidine rings is 1. The fourth-order valence-corrected chi connectivity index (χ4v) is 8.58. The van der Waals surface area contributed by atoms with Gasteiger partial charge in [0.2, 0.25) is 17.7 Å². The lowest BCUT2D eigenvalue weighted by atomic mass is 9.79. The third-order valence-corrected chi connectivity index (χ3v) is 11.6. The van der Waals surface area contributed by atoms with E-state index < -0.39 is 18.0 Å². The van der Waals surface area contributed by atoms with Gasteiger partial charge in [0.15, 0.2) is 11.5 Å². The van der Waals surface area contributed by atoms with Crippen LogP contribution in [0.2, 0.25) is 5.02 Å². The molecule has 3 aromatic rings. The molecule has 3 fully saturated rings. The van der Waals surface area contributed by atoms with Crippen LogP contribution >= 0.6 is 11.6 Å². The molecule has 15 heteroatoms. The van der Waals surface area contributed by atoms with Crippen LogP contribution in [0, 0.1) is 29.6 Å². The standard InChI is InChI=1S/C32H38ClN5O6.C10H17F3/c1-18(2)44-27-8-5-19(9-28(27)43-4)32(42)38-15-21-14-37(17-25(24(21)16-38)31(41)36-13-29(39)34-3)30(40)10-20-12-35-26-11-22(33)6-7-23(20)26;1-2-3-8-4-6-9(7-5-8)10(11,12)13/h5-9,11-12,18,21,24-25,35H,10,13-17H2,1-4H3,(H,34,39)(H,36,41);8-9H,2-7H2,1H3. The molecule has 2 saturated heterocycles. The van der Waals surface area contributed by atoms with Crippen LogP contribution in [-0.4, -0.2) is 97.6 Å². The van der Waals surface area contributed by atoms with Gasteiger partial charge in [-0.15, -0.1) is 0 Å². The van der Waals surface area contributed by atoms with E-state index in [0.29, 0.717) is 60.5 Å². The second-order valence-electron chi connectivity index (χ2n) is 15.7. The van der Waals surface area contributed by atoms with Gasteiger partial charge in [0.05, 0.1) is 38.0 Å². The predicted octanol–water partition coefficient (Wildman–Crippen LogP) is 7.02. The largest absolute Gasteiger partial charge is 0.493 e. The number of fused-ring (bicyclic) bond motifs is 2. The van der Waals surface area contributed by atoms with Crippen LogP contribution in [0.3, 0.4) is 0 Å². The smallest absolute Gasteiger partial charge is 0.391 e. The number of alkyl halides is 3. The van der Waals surface area contributed by atoms with Crippen molar-refractivity contribution in [1.82, 2.24) is 25.4 Å². The number of hydrogen-bond donors (Lipinski definition) is 3. The fourth-order valence-electron chi connectivity index (χ4n) is 8.41. The molecule has 57 heavy (non-hydrogen) atoms. The van der Waals surface area contributed by atoms with E-state index in [1.54, 1.807) is 40.3 Å². The number of nitrogens with zero attached hydrogens (tertiary/aromatic N) is 2. The minimum atomic E-state index is -3.95. The molecule has 0 bridgehead atoms. The van der Waals surface area contributed by atoms with E-state index in [0.717, 1.165) is 42.1 Å². The van der Waals surface area contributed by atoms with E-state index in [4.69, 9.17) is 21.1 Å². The number of H-pyrrole nitrogens is 1. The average molecular weight is 818 g/mol. The van der Waals surface area contributed by atoms with Crippen LogP contribution in [0.4, 0.5) is 13.2 Å². The van der Waals surface area contributed by atoms with Crippen LogP contribution < -0.4 is 20.1 Å². The van der Waals surface area contributed by atoms with Gasteiger partial charge < -0.3 is 34.9 Å². The molecule has 2 aromatic carbocycles. The summed E-state index contributed by atoms with van der Waals surface area (Å²) in [5.74, 6) is -1.24. The third-order valence-electron chi connectivity index (χ3n) is 11.4. The number of ether oxygens (including phenoxy) is 2. The molecule has 3 aliphatic rings. The third kappa shape index (κ3) is 11.1. The zero-order valence-electron chi connectivity index (χ0n) is 33.3. The molecule has 1 aromatic heterocycles. The lowest BCUT2D eigenvalue weighted by Gasteiger charge is -2.39. The number of likely N-dealkylation sites (N-methyl/N-ethyl adjacent to an activating group) is 1. The number of aromatic nitrogens is 1. The molecule has 2 aliphatic heterocycles. The van der Waals surface area contributed by atoms with Gasteiger partial charge >= 0.3 is 6.18 Å². The highest BCUT2D eigenvalue weighted by molar-refractivity contribution is 6.31. The summed E-state index contributed by atoms with van der Waals surface area (Å²) in [5.41, 5.74) is 2.13. The summed E-state index contributed by atoms with van der Waals surface area (Å²) in [4.78, 5) is 59.2. The summed E-state index contributed by atoms with van der Waals surface area (Å²) < 4.78 is 48.0. The number of hydrogen-bond acceptors (Lipinski definition) is 6. The summed E-state index contributed by atoms with van der Waals surface area (Å²) >= 11 is 6.12. The first-order valence-electron chi connectivity index (χ1n) is 19.8. The molecule has 312 valence electrons. The van der Waals surface area contributed by atoms with E-state index in [1.807, 2.05) is 26.0 Å². The highest BCUT2D eigenvalue weighted by Crippen LogP contribution is 2.41. The van der Waals surface area contributed by atoms with E-state index in [1.165, 1.54) is 14.2 Å². The number of halogens is 4. The van der Waals surface area contributed by atoms with E-state index >= 15 is 0 Å². The summed E-state index contributed by atoms with van der Waals surface area (Å²) in [7, 11) is 3.03. The zero-order chi connectivity index (χ0) is 41.4. The van der Waals surface area contributed by atoms with Crippen molar-refractivity contribution in [1.29, 1.82) is 0 Å². The van der Waals surface area contributed by atoms with Gasteiger partial charge in [-0.3, -0.25) is 19.2 Å².